The van der Waals surface area contributed by atoms with E-state index in [2.05, 4.69) is 5.43 Å². The van der Waals surface area contributed by atoms with Crippen LogP contribution in [-0.2, 0) is 11.2 Å². The van der Waals surface area contributed by atoms with Crippen molar-refractivity contribution in [3.05, 3.63) is 29.8 Å². The van der Waals surface area contributed by atoms with E-state index < -0.39 is 17.8 Å². The molecule has 1 unspecified atom stereocenters. The van der Waals surface area contributed by atoms with Gasteiger partial charge in [0.25, 0.3) is 0 Å². The Balaban J connectivity index is 2.02. The maximum atomic E-state index is 13.5. The van der Waals surface area contributed by atoms with Gasteiger partial charge in [0.2, 0.25) is 5.91 Å². The first kappa shape index (κ1) is 19.6. The van der Waals surface area contributed by atoms with Crippen LogP contribution < -0.4 is 10.2 Å². The molecule has 1 fully saturated rings. The van der Waals surface area contributed by atoms with Gasteiger partial charge in [-0.1, -0.05) is 12.1 Å². The summed E-state index contributed by atoms with van der Waals surface area (Å²) in [6, 6.07) is 5.71. The van der Waals surface area contributed by atoms with Crippen molar-refractivity contribution < 1.29 is 22.7 Å². The number of rotatable bonds is 7. The van der Waals surface area contributed by atoms with E-state index in [0.717, 1.165) is 16.3 Å². The Morgan fingerprint density at radius 2 is 2.08 bits per heavy atom. The number of nitrogens with one attached hydrogen (secondary N) is 1. The van der Waals surface area contributed by atoms with Crippen LogP contribution in [0.25, 0.3) is 0 Å². The molecule has 1 amide bonds. The summed E-state index contributed by atoms with van der Waals surface area (Å²) in [5.41, 5.74) is 2.47. The molecule has 0 saturated carbocycles. The van der Waals surface area contributed by atoms with Crippen LogP contribution in [0, 0.1) is 0 Å². The first-order chi connectivity index (χ1) is 11.6. The second-order valence-electron chi connectivity index (χ2n) is 6.92. The number of halogens is 3. The quantitative estimate of drug-likeness (QED) is 0.805. The van der Waals surface area contributed by atoms with Gasteiger partial charge >= 0.3 is 6.18 Å². The molecule has 1 saturated heterocycles. The molecule has 0 bridgehead atoms. The summed E-state index contributed by atoms with van der Waals surface area (Å²) in [7, 11) is 0. The number of hydrazine groups is 1. The zero-order chi connectivity index (χ0) is 18.7. The number of carbonyl (C=O) groups is 1. The first-order valence-corrected chi connectivity index (χ1v) is 8.51. The van der Waals surface area contributed by atoms with Gasteiger partial charge in [-0.25, -0.2) is 5.01 Å². The molecule has 1 aliphatic rings. The molecule has 1 atom stereocenters. The van der Waals surface area contributed by atoms with E-state index in [4.69, 9.17) is 4.74 Å². The predicted octanol–water partition coefficient (Wildman–Crippen LogP) is 3.85. The number of carbonyl (C=O) groups excluding carboxylic acids is 1. The molecule has 25 heavy (non-hydrogen) atoms. The van der Waals surface area contributed by atoms with E-state index in [1.54, 1.807) is 13.8 Å². The van der Waals surface area contributed by atoms with Crippen LogP contribution >= 0.6 is 0 Å². The predicted molar refractivity (Wildman–Crippen MR) is 89.1 cm³/mol. The number of amides is 1. The van der Waals surface area contributed by atoms with Gasteiger partial charge in [0, 0.05) is 12.0 Å². The molecule has 2 rings (SSSR count). The summed E-state index contributed by atoms with van der Waals surface area (Å²) in [6.45, 7) is 5.72. The van der Waals surface area contributed by atoms with E-state index in [1.165, 1.54) is 0 Å². The van der Waals surface area contributed by atoms with Crippen molar-refractivity contribution in [2.75, 3.05) is 6.61 Å². The monoisotopic (exact) mass is 358 g/mol. The maximum absolute atomic E-state index is 13.5. The first-order valence-electron chi connectivity index (χ1n) is 8.51. The van der Waals surface area contributed by atoms with E-state index in [1.807, 2.05) is 31.2 Å². The fraction of sp³-hybridized carbons (Fsp3) is 0.611. The highest BCUT2D eigenvalue weighted by Crippen LogP contribution is 2.35. The summed E-state index contributed by atoms with van der Waals surface area (Å²) < 4.78 is 46.0. The minimum absolute atomic E-state index is 0.0655. The Bertz CT molecular complexity index is 602. The fourth-order valence-corrected chi connectivity index (χ4v) is 3.20. The van der Waals surface area contributed by atoms with Crippen LogP contribution in [0.4, 0.5) is 13.2 Å². The number of nitrogens with zero attached hydrogens (tertiary/aromatic N) is 1. The van der Waals surface area contributed by atoms with Crippen LogP contribution in [0.15, 0.2) is 24.3 Å². The third-order valence-electron chi connectivity index (χ3n) is 4.33. The van der Waals surface area contributed by atoms with Crippen LogP contribution in [0.1, 0.15) is 45.6 Å². The van der Waals surface area contributed by atoms with Gasteiger partial charge in [-0.05, 0) is 57.7 Å². The normalized spacial score (nSPS) is 18.9. The number of benzene rings is 1. The van der Waals surface area contributed by atoms with Crippen molar-refractivity contribution >= 4 is 5.91 Å². The lowest BCUT2D eigenvalue weighted by atomic mass is 9.97. The summed E-state index contributed by atoms with van der Waals surface area (Å²) in [5.74, 6) is 0.351. The van der Waals surface area contributed by atoms with Crippen LogP contribution in [-0.4, -0.2) is 35.3 Å². The summed E-state index contributed by atoms with van der Waals surface area (Å²) in [6.07, 6.45) is -3.53. The van der Waals surface area contributed by atoms with E-state index in [-0.39, 0.29) is 18.7 Å². The van der Waals surface area contributed by atoms with E-state index >= 15 is 0 Å². The van der Waals surface area contributed by atoms with Crippen LogP contribution in [0.5, 0.6) is 5.75 Å². The van der Waals surface area contributed by atoms with E-state index in [9.17, 15) is 18.0 Å². The standard InChI is InChI=1S/C18H25F3N2O2/c1-4-25-14-9-5-7-13(11-14)8-6-10-15(18(19,20)21)23-17(2,3)12-16(24)22-23/h5,7,9,11,15H,4,6,8,10,12H2,1-3H3,(H,22,24). The maximum Gasteiger partial charge on any atom is 0.405 e. The second kappa shape index (κ2) is 7.64. The lowest BCUT2D eigenvalue weighted by Gasteiger charge is -2.37. The molecule has 1 aliphatic heterocycles. The van der Waals surface area contributed by atoms with Gasteiger partial charge in [-0.2, -0.15) is 13.2 Å². The van der Waals surface area contributed by atoms with Crippen molar-refractivity contribution in [1.29, 1.82) is 0 Å². The van der Waals surface area contributed by atoms with Crippen molar-refractivity contribution in [3.63, 3.8) is 0 Å². The molecule has 140 valence electrons. The Morgan fingerprint density at radius 3 is 2.64 bits per heavy atom. The fourth-order valence-electron chi connectivity index (χ4n) is 3.20. The Hall–Kier alpha value is -1.76. The molecular weight excluding hydrogens is 333 g/mol. The number of hydrogen-bond donors (Lipinski definition) is 1. The number of alkyl halides is 3. The Morgan fingerprint density at radius 1 is 1.36 bits per heavy atom. The van der Waals surface area contributed by atoms with Gasteiger partial charge < -0.3 is 4.74 Å². The molecular formula is C18H25F3N2O2. The molecule has 1 aromatic rings. The molecule has 1 N–H and O–H groups in total. The van der Waals surface area contributed by atoms with Gasteiger partial charge in [-0.3, -0.25) is 10.2 Å². The molecule has 0 radical (unpaired) electrons. The summed E-state index contributed by atoms with van der Waals surface area (Å²) in [5, 5.41) is 1.08. The molecule has 1 heterocycles. The lowest BCUT2D eigenvalue weighted by Crippen LogP contribution is -2.56. The third kappa shape index (κ3) is 5.11. The van der Waals surface area contributed by atoms with Gasteiger partial charge in [0.15, 0.2) is 0 Å². The topological polar surface area (TPSA) is 41.6 Å². The second-order valence-corrected chi connectivity index (χ2v) is 6.92. The average molecular weight is 358 g/mol. The molecule has 4 nitrogen and oxygen atoms in total. The zero-order valence-corrected chi connectivity index (χ0v) is 14.8. The van der Waals surface area contributed by atoms with Crippen LogP contribution in [0.2, 0.25) is 0 Å². The molecule has 0 spiro atoms. The number of aryl methyl sites for hydroxylation is 1. The molecule has 7 heteroatoms. The van der Waals surface area contributed by atoms with Crippen molar-refractivity contribution in [2.45, 2.75) is 64.2 Å². The highest BCUT2D eigenvalue weighted by atomic mass is 19.4. The average Bonchev–Trinajstić information content (AvgIpc) is 2.75. The van der Waals surface area contributed by atoms with Gasteiger partial charge in [0.1, 0.15) is 11.8 Å². The molecule has 0 aliphatic carbocycles. The lowest BCUT2D eigenvalue weighted by molar-refractivity contribution is -0.202. The molecule has 0 aromatic heterocycles. The van der Waals surface area contributed by atoms with Crippen LogP contribution in [0.3, 0.4) is 0 Å². The largest absolute Gasteiger partial charge is 0.494 e. The summed E-state index contributed by atoms with van der Waals surface area (Å²) >= 11 is 0. The Labute approximate surface area is 146 Å². The van der Waals surface area contributed by atoms with Crippen molar-refractivity contribution in [1.82, 2.24) is 10.4 Å². The minimum Gasteiger partial charge on any atom is -0.494 e. The smallest absolute Gasteiger partial charge is 0.405 e. The highest BCUT2D eigenvalue weighted by Gasteiger charge is 2.51. The van der Waals surface area contributed by atoms with E-state index in [0.29, 0.717) is 19.4 Å². The van der Waals surface area contributed by atoms with Gasteiger partial charge in [-0.15, -0.1) is 0 Å². The Kier molecular flexibility index (Phi) is 5.98. The minimum atomic E-state index is -4.40. The van der Waals surface area contributed by atoms with Crippen molar-refractivity contribution in [2.24, 2.45) is 0 Å². The number of hydrogen-bond acceptors (Lipinski definition) is 3. The van der Waals surface area contributed by atoms with Crippen molar-refractivity contribution in [3.8, 4) is 5.75 Å². The molecule has 1 aromatic carbocycles. The third-order valence-corrected chi connectivity index (χ3v) is 4.33. The van der Waals surface area contributed by atoms with Gasteiger partial charge in [0.05, 0.1) is 6.61 Å². The SMILES string of the molecule is CCOc1cccc(CCCC(N2NC(=O)CC2(C)C)C(F)(F)F)c1. The zero-order valence-electron chi connectivity index (χ0n) is 14.8. The number of ether oxygens (including phenoxy) is 1. The summed E-state index contributed by atoms with van der Waals surface area (Å²) in [4.78, 5) is 11.6. The highest BCUT2D eigenvalue weighted by molar-refractivity contribution is 5.78.